The number of hydrogen-bond donors (Lipinski definition) is 3. The van der Waals surface area contributed by atoms with E-state index in [-0.39, 0.29) is 17.6 Å². The SMILES string of the molecule is CC1CC(=O)NN=C1c1ccc2[nH]c(-c3ccncc3O)nc2c1. The molecule has 4 rings (SSSR count). The summed E-state index contributed by atoms with van der Waals surface area (Å²) in [4.78, 5) is 23.0. The Hall–Kier alpha value is -3.22. The van der Waals surface area contributed by atoms with Gasteiger partial charge in [-0.1, -0.05) is 13.0 Å². The molecule has 2 aromatic heterocycles. The Balaban J connectivity index is 1.77. The Morgan fingerprint density at radius 3 is 2.96 bits per heavy atom. The van der Waals surface area contributed by atoms with E-state index in [4.69, 9.17) is 0 Å². The number of benzene rings is 1. The highest BCUT2D eigenvalue weighted by molar-refractivity contribution is 6.07. The molecule has 3 N–H and O–H groups in total. The molecule has 0 saturated heterocycles. The first-order valence-electron chi connectivity index (χ1n) is 7.62. The predicted molar refractivity (Wildman–Crippen MR) is 89.5 cm³/mol. The van der Waals surface area contributed by atoms with Crippen LogP contribution in [0.2, 0.25) is 0 Å². The Morgan fingerprint density at radius 1 is 1.29 bits per heavy atom. The maximum absolute atomic E-state index is 11.4. The van der Waals surface area contributed by atoms with Crippen LogP contribution in [0.1, 0.15) is 18.9 Å². The minimum absolute atomic E-state index is 0.0545. The normalized spacial score (nSPS) is 17.6. The third-order valence-corrected chi connectivity index (χ3v) is 4.09. The number of aromatic amines is 1. The summed E-state index contributed by atoms with van der Waals surface area (Å²) in [5, 5.41) is 14.1. The fourth-order valence-corrected chi connectivity index (χ4v) is 2.88. The van der Waals surface area contributed by atoms with Gasteiger partial charge in [0, 0.05) is 24.1 Å². The molecule has 24 heavy (non-hydrogen) atoms. The van der Waals surface area contributed by atoms with Gasteiger partial charge in [-0.3, -0.25) is 9.78 Å². The number of fused-ring (bicyclic) bond motifs is 1. The number of hydrazone groups is 1. The van der Waals surface area contributed by atoms with Gasteiger partial charge in [0.05, 0.1) is 28.5 Å². The molecule has 0 saturated carbocycles. The molecule has 1 amide bonds. The van der Waals surface area contributed by atoms with Crippen LogP contribution < -0.4 is 5.43 Å². The van der Waals surface area contributed by atoms with Crippen LogP contribution in [0.25, 0.3) is 22.4 Å². The average molecular weight is 321 g/mol. The van der Waals surface area contributed by atoms with Gasteiger partial charge in [-0.05, 0) is 18.2 Å². The van der Waals surface area contributed by atoms with Crippen LogP contribution in [-0.4, -0.2) is 31.7 Å². The van der Waals surface area contributed by atoms with Gasteiger partial charge in [-0.25, -0.2) is 10.4 Å². The number of aromatic nitrogens is 3. The van der Waals surface area contributed by atoms with Crippen molar-refractivity contribution in [3.8, 4) is 17.1 Å². The van der Waals surface area contributed by atoms with E-state index >= 15 is 0 Å². The van der Waals surface area contributed by atoms with Gasteiger partial charge in [-0.15, -0.1) is 0 Å². The number of nitrogens with zero attached hydrogens (tertiary/aromatic N) is 3. The average Bonchev–Trinajstić information content (AvgIpc) is 2.98. The zero-order valence-electron chi connectivity index (χ0n) is 12.9. The van der Waals surface area contributed by atoms with Crippen LogP contribution >= 0.6 is 0 Å². The van der Waals surface area contributed by atoms with Crippen molar-refractivity contribution in [1.82, 2.24) is 20.4 Å². The van der Waals surface area contributed by atoms with Crippen molar-refractivity contribution in [2.24, 2.45) is 11.0 Å². The molecule has 120 valence electrons. The van der Waals surface area contributed by atoms with Crippen LogP contribution in [0, 0.1) is 5.92 Å². The molecule has 7 nitrogen and oxygen atoms in total. The fraction of sp³-hybridized carbons (Fsp3) is 0.176. The maximum atomic E-state index is 11.4. The minimum Gasteiger partial charge on any atom is -0.506 e. The number of imidazole rings is 1. The largest absolute Gasteiger partial charge is 0.506 e. The molecule has 1 aliphatic rings. The number of hydrogen-bond acceptors (Lipinski definition) is 5. The summed E-state index contributed by atoms with van der Waals surface area (Å²) >= 11 is 0. The molecule has 3 heterocycles. The van der Waals surface area contributed by atoms with Gasteiger partial charge in [-0.2, -0.15) is 5.10 Å². The molecule has 3 aromatic rings. The Morgan fingerprint density at radius 2 is 2.17 bits per heavy atom. The number of pyridine rings is 1. The molecule has 0 bridgehead atoms. The molecule has 1 atom stereocenters. The minimum atomic E-state index is -0.0671. The van der Waals surface area contributed by atoms with Crippen LogP contribution in [0.4, 0.5) is 0 Å². The van der Waals surface area contributed by atoms with Crippen LogP contribution in [-0.2, 0) is 4.79 Å². The quantitative estimate of drug-likeness (QED) is 0.673. The van der Waals surface area contributed by atoms with Gasteiger partial charge in [0.25, 0.3) is 0 Å². The maximum Gasteiger partial charge on any atom is 0.240 e. The number of rotatable bonds is 2. The number of nitrogens with one attached hydrogen (secondary N) is 2. The molecule has 0 fully saturated rings. The molecule has 0 radical (unpaired) electrons. The number of carbonyl (C=O) groups excluding carboxylic acids is 1. The zero-order chi connectivity index (χ0) is 16.7. The first kappa shape index (κ1) is 14.4. The van der Waals surface area contributed by atoms with Gasteiger partial charge < -0.3 is 10.1 Å². The third-order valence-electron chi connectivity index (χ3n) is 4.09. The highest BCUT2D eigenvalue weighted by Gasteiger charge is 2.22. The lowest BCUT2D eigenvalue weighted by Gasteiger charge is -2.18. The Kier molecular flexibility index (Phi) is 3.26. The molecule has 1 unspecified atom stereocenters. The lowest BCUT2D eigenvalue weighted by Crippen LogP contribution is -2.31. The van der Waals surface area contributed by atoms with Crippen molar-refractivity contribution in [2.75, 3.05) is 0 Å². The first-order chi connectivity index (χ1) is 11.6. The smallest absolute Gasteiger partial charge is 0.240 e. The zero-order valence-corrected chi connectivity index (χ0v) is 12.9. The fourth-order valence-electron chi connectivity index (χ4n) is 2.88. The number of aromatic hydroxyl groups is 1. The lowest BCUT2D eigenvalue weighted by molar-refractivity contribution is -0.121. The third kappa shape index (κ3) is 2.40. The molecule has 1 aliphatic heterocycles. The second-order valence-electron chi connectivity index (χ2n) is 5.85. The van der Waals surface area contributed by atoms with Crippen LogP contribution in [0.5, 0.6) is 5.75 Å². The van der Waals surface area contributed by atoms with E-state index in [2.05, 4.69) is 25.5 Å². The molecule has 1 aromatic carbocycles. The summed E-state index contributed by atoms with van der Waals surface area (Å²) in [6, 6.07) is 7.51. The molecular formula is C17H15N5O2. The topological polar surface area (TPSA) is 103 Å². The number of carbonyl (C=O) groups is 1. The lowest BCUT2D eigenvalue weighted by atomic mass is 9.94. The number of amides is 1. The van der Waals surface area contributed by atoms with Crippen molar-refractivity contribution >= 4 is 22.7 Å². The highest BCUT2D eigenvalue weighted by atomic mass is 16.3. The van der Waals surface area contributed by atoms with Crippen molar-refractivity contribution < 1.29 is 9.90 Å². The first-order valence-corrected chi connectivity index (χ1v) is 7.62. The van der Waals surface area contributed by atoms with Gasteiger partial charge in [0.2, 0.25) is 5.91 Å². The van der Waals surface area contributed by atoms with Gasteiger partial charge >= 0.3 is 0 Å². The monoisotopic (exact) mass is 321 g/mol. The van der Waals surface area contributed by atoms with E-state index in [0.717, 1.165) is 22.3 Å². The summed E-state index contributed by atoms with van der Waals surface area (Å²) < 4.78 is 0. The van der Waals surface area contributed by atoms with E-state index in [9.17, 15) is 9.90 Å². The van der Waals surface area contributed by atoms with Crippen LogP contribution in [0.15, 0.2) is 41.8 Å². The summed E-state index contributed by atoms with van der Waals surface area (Å²) in [7, 11) is 0. The second kappa shape index (κ2) is 5.45. The van der Waals surface area contributed by atoms with Crippen molar-refractivity contribution in [2.45, 2.75) is 13.3 Å². The van der Waals surface area contributed by atoms with E-state index < -0.39 is 0 Å². The second-order valence-corrected chi connectivity index (χ2v) is 5.85. The van der Waals surface area contributed by atoms with Gasteiger partial charge in [0.15, 0.2) is 0 Å². The Bertz CT molecular complexity index is 976. The van der Waals surface area contributed by atoms with E-state index in [1.807, 2.05) is 25.1 Å². The highest BCUT2D eigenvalue weighted by Crippen LogP contribution is 2.28. The van der Waals surface area contributed by atoms with Crippen molar-refractivity contribution in [3.05, 3.63) is 42.2 Å². The molecule has 7 heteroatoms. The summed E-state index contributed by atoms with van der Waals surface area (Å²) in [5.41, 5.74) is 6.52. The number of H-pyrrole nitrogens is 1. The van der Waals surface area contributed by atoms with Gasteiger partial charge in [0.1, 0.15) is 11.6 Å². The molecular weight excluding hydrogens is 306 g/mol. The predicted octanol–water partition coefficient (Wildman–Crippen LogP) is 2.19. The summed E-state index contributed by atoms with van der Waals surface area (Å²) in [6.07, 6.45) is 3.41. The van der Waals surface area contributed by atoms with Crippen molar-refractivity contribution in [3.63, 3.8) is 0 Å². The molecule has 0 spiro atoms. The summed E-state index contributed by atoms with van der Waals surface area (Å²) in [5.74, 6) is 0.639. The van der Waals surface area contributed by atoms with E-state index in [0.29, 0.717) is 17.8 Å². The van der Waals surface area contributed by atoms with Crippen molar-refractivity contribution in [1.29, 1.82) is 0 Å². The van der Waals surface area contributed by atoms with Crippen LogP contribution in [0.3, 0.4) is 0 Å². The van der Waals surface area contributed by atoms with E-state index in [1.165, 1.54) is 6.20 Å². The molecule has 0 aliphatic carbocycles. The Labute approximate surface area is 137 Å². The van der Waals surface area contributed by atoms with E-state index in [1.54, 1.807) is 12.3 Å². The standard InChI is InChI=1S/C17H15N5O2/c1-9-6-15(24)21-22-16(9)10-2-3-12-13(7-10)20-17(19-12)11-4-5-18-8-14(11)23/h2-5,7-9,23H,6H2,1H3,(H,19,20)(H,21,24). The summed E-state index contributed by atoms with van der Waals surface area (Å²) in [6.45, 7) is 1.98.